The first-order chi connectivity index (χ1) is 8.54. The van der Waals surface area contributed by atoms with Gasteiger partial charge in [0.15, 0.2) is 0 Å². The van der Waals surface area contributed by atoms with E-state index in [0.29, 0.717) is 18.7 Å². The third-order valence-corrected chi connectivity index (χ3v) is 4.96. The highest BCUT2D eigenvalue weighted by Crippen LogP contribution is 2.18. The van der Waals surface area contributed by atoms with Crippen LogP contribution in [0.25, 0.3) is 0 Å². The summed E-state index contributed by atoms with van der Waals surface area (Å²) in [4.78, 5) is 2.30. The van der Waals surface area contributed by atoms with Gasteiger partial charge in [-0.2, -0.15) is 9.57 Å². The highest BCUT2D eigenvalue weighted by atomic mass is 32.2. The largest absolute Gasteiger partial charge is 0.304 e. The fourth-order valence-electron chi connectivity index (χ4n) is 1.90. The number of likely N-dealkylation sites (N-methyl/N-ethyl adjacent to an activating group) is 1. The van der Waals surface area contributed by atoms with Crippen molar-refractivity contribution in [3.8, 4) is 6.07 Å². The van der Waals surface area contributed by atoms with Crippen LogP contribution >= 0.6 is 0 Å². The summed E-state index contributed by atoms with van der Waals surface area (Å²) < 4.78 is 26.2. The quantitative estimate of drug-likeness (QED) is 0.781. The van der Waals surface area contributed by atoms with Gasteiger partial charge in [-0.05, 0) is 25.2 Å². The van der Waals surface area contributed by atoms with Crippen LogP contribution in [0.4, 0.5) is 0 Å². The van der Waals surface area contributed by atoms with Crippen molar-refractivity contribution in [2.75, 3.05) is 33.2 Å². The summed E-state index contributed by atoms with van der Waals surface area (Å²) in [5.74, 6) is 0. The van der Waals surface area contributed by atoms with Gasteiger partial charge in [-0.25, -0.2) is 8.42 Å². The number of hydrogen-bond acceptors (Lipinski definition) is 4. The van der Waals surface area contributed by atoms with Crippen molar-refractivity contribution in [3.63, 3.8) is 0 Å². The molecule has 2 rings (SSSR count). The van der Waals surface area contributed by atoms with Crippen molar-refractivity contribution in [1.29, 1.82) is 5.26 Å². The Balaban J connectivity index is 2.28. The van der Waals surface area contributed by atoms with E-state index in [0.717, 1.165) is 13.1 Å². The van der Waals surface area contributed by atoms with E-state index in [1.165, 1.54) is 16.4 Å². The van der Waals surface area contributed by atoms with E-state index < -0.39 is 10.0 Å². The zero-order valence-corrected chi connectivity index (χ0v) is 11.0. The van der Waals surface area contributed by atoms with Gasteiger partial charge in [0, 0.05) is 26.2 Å². The van der Waals surface area contributed by atoms with E-state index >= 15 is 0 Å². The highest BCUT2D eigenvalue weighted by Gasteiger charge is 2.27. The predicted molar refractivity (Wildman–Crippen MR) is 67.4 cm³/mol. The van der Waals surface area contributed by atoms with Gasteiger partial charge in [-0.1, -0.05) is 6.07 Å². The van der Waals surface area contributed by atoms with Crippen LogP contribution in [0.15, 0.2) is 29.2 Å². The molecule has 1 aliphatic rings. The third-order valence-electron chi connectivity index (χ3n) is 3.06. The number of benzene rings is 1. The van der Waals surface area contributed by atoms with E-state index in [9.17, 15) is 8.42 Å². The standard InChI is InChI=1S/C12H15N3O2S/c1-14-5-7-15(8-6-14)18(16,17)12-4-2-3-11(9-12)10-13/h2-4,9H,5-8H2,1H3. The van der Waals surface area contributed by atoms with Crippen LogP contribution in [0.1, 0.15) is 5.56 Å². The van der Waals surface area contributed by atoms with Crippen LogP contribution < -0.4 is 0 Å². The van der Waals surface area contributed by atoms with Crippen molar-refractivity contribution in [2.45, 2.75) is 4.90 Å². The first kappa shape index (κ1) is 13.0. The lowest BCUT2D eigenvalue weighted by Gasteiger charge is -2.31. The maximum absolute atomic E-state index is 12.4. The van der Waals surface area contributed by atoms with Crippen molar-refractivity contribution < 1.29 is 8.42 Å². The summed E-state index contributed by atoms with van der Waals surface area (Å²) in [5.41, 5.74) is 0.366. The number of piperazine rings is 1. The van der Waals surface area contributed by atoms with Gasteiger partial charge in [0.05, 0.1) is 16.5 Å². The summed E-state index contributed by atoms with van der Waals surface area (Å²) in [5, 5.41) is 8.81. The van der Waals surface area contributed by atoms with Crippen molar-refractivity contribution in [1.82, 2.24) is 9.21 Å². The molecule has 1 fully saturated rings. The molecule has 1 heterocycles. The Morgan fingerprint density at radius 3 is 2.50 bits per heavy atom. The Labute approximate surface area is 107 Å². The third kappa shape index (κ3) is 2.53. The first-order valence-corrected chi connectivity index (χ1v) is 7.17. The molecule has 0 spiro atoms. The monoisotopic (exact) mass is 265 g/mol. The summed E-state index contributed by atoms with van der Waals surface area (Å²) in [7, 11) is -1.49. The second-order valence-electron chi connectivity index (χ2n) is 4.35. The molecule has 6 heteroatoms. The van der Waals surface area contributed by atoms with E-state index in [1.54, 1.807) is 12.1 Å². The normalized spacial score (nSPS) is 18.4. The van der Waals surface area contributed by atoms with Gasteiger partial charge in [0.1, 0.15) is 0 Å². The molecule has 0 bridgehead atoms. The number of hydrogen-bond donors (Lipinski definition) is 0. The molecule has 1 aromatic rings. The fraction of sp³-hybridized carbons (Fsp3) is 0.417. The summed E-state index contributed by atoms with van der Waals surface area (Å²) in [6, 6.07) is 8.12. The molecule has 0 unspecified atom stereocenters. The Kier molecular flexibility index (Phi) is 3.66. The van der Waals surface area contributed by atoms with Gasteiger partial charge >= 0.3 is 0 Å². The second-order valence-corrected chi connectivity index (χ2v) is 6.28. The zero-order chi connectivity index (χ0) is 13.2. The first-order valence-electron chi connectivity index (χ1n) is 5.73. The SMILES string of the molecule is CN1CCN(S(=O)(=O)c2cccc(C#N)c2)CC1. The maximum Gasteiger partial charge on any atom is 0.243 e. The number of sulfonamides is 1. The number of rotatable bonds is 2. The lowest BCUT2D eigenvalue weighted by Crippen LogP contribution is -2.47. The molecule has 1 saturated heterocycles. The molecular weight excluding hydrogens is 250 g/mol. The van der Waals surface area contributed by atoms with Crippen molar-refractivity contribution >= 4 is 10.0 Å². The minimum Gasteiger partial charge on any atom is -0.304 e. The number of nitriles is 1. The number of nitrogens with zero attached hydrogens (tertiary/aromatic N) is 3. The Morgan fingerprint density at radius 2 is 1.89 bits per heavy atom. The average molecular weight is 265 g/mol. The predicted octanol–water partition coefficient (Wildman–Crippen LogP) is 0.494. The molecule has 0 saturated carbocycles. The lowest BCUT2D eigenvalue weighted by molar-refractivity contribution is 0.222. The van der Waals surface area contributed by atoms with E-state index in [1.807, 2.05) is 13.1 Å². The molecule has 0 radical (unpaired) electrons. The van der Waals surface area contributed by atoms with E-state index in [-0.39, 0.29) is 4.90 Å². The molecule has 0 amide bonds. The van der Waals surface area contributed by atoms with Crippen LogP contribution in [-0.2, 0) is 10.0 Å². The summed E-state index contributed by atoms with van der Waals surface area (Å²) in [6.45, 7) is 2.46. The summed E-state index contributed by atoms with van der Waals surface area (Å²) >= 11 is 0. The van der Waals surface area contributed by atoms with Crippen molar-refractivity contribution in [2.24, 2.45) is 0 Å². The zero-order valence-electron chi connectivity index (χ0n) is 10.2. The highest BCUT2D eigenvalue weighted by molar-refractivity contribution is 7.89. The molecule has 5 nitrogen and oxygen atoms in total. The van der Waals surface area contributed by atoms with Crippen LogP contribution in [0, 0.1) is 11.3 Å². The molecular formula is C12H15N3O2S. The van der Waals surface area contributed by atoms with Crippen LogP contribution in [0.3, 0.4) is 0 Å². The summed E-state index contributed by atoms with van der Waals surface area (Å²) in [6.07, 6.45) is 0. The molecule has 1 aliphatic heterocycles. The van der Waals surface area contributed by atoms with Gasteiger partial charge < -0.3 is 4.90 Å². The molecule has 0 N–H and O–H groups in total. The molecule has 0 atom stereocenters. The van der Waals surface area contributed by atoms with Gasteiger partial charge in [0.2, 0.25) is 10.0 Å². The minimum absolute atomic E-state index is 0.200. The lowest BCUT2D eigenvalue weighted by atomic mass is 10.2. The van der Waals surface area contributed by atoms with E-state index in [2.05, 4.69) is 4.90 Å². The molecule has 1 aromatic carbocycles. The Hall–Kier alpha value is -1.42. The van der Waals surface area contributed by atoms with Crippen LogP contribution in [0.5, 0.6) is 0 Å². The smallest absolute Gasteiger partial charge is 0.243 e. The molecule has 0 aromatic heterocycles. The van der Waals surface area contributed by atoms with Gasteiger partial charge in [-0.3, -0.25) is 0 Å². The van der Waals surface area contributed by atoms with E-state index in [4.69, 9.17) is 5.26 Å². The average Bonchev–Trinajstić information content (AvgIpc) is 2.39. The fourth-order valence-corrected chi connectivity index (χ4v) is 3.37. The van der Waals surface area contributed by atoms with Crippen LogP contribution in [-0.4, -0.2) is 50.8 Å². The Bertz CT molecular complexity index is 569. The van der Waals surface area contributed by atoms with Gasteiger partial charge in [0.25, 0.3) is 0 Å². The Morgan fingerprint density at radius 1 is 1.22 bits per heavy atom. The van der Waals surface area contributed by atoms with Gasteiger partial charge in [-0.15, -0.1) is 0 Å². The van der Waals surface area contributed by atoms with Crippen LogP contribution in [0.2, 0.25) is 0 Å². The maximum atomic E-state index is 12.4. The second kappa shape index (κ2) is 5.06. The van der Waals surface area contributed by atoms with Crippen molar-refractivity contribution in [3.05, 3.63) is 29.8 Å². The topological polar surface area (TPSA) is 64.4 Å². The molecule has 0 aliphatic carbocycles. The molecule has 18 heavy (non-hydrogen) atoms. The molecule has 96 valence electrons. The minimum atomic E-state index is -3.46.